The molecule has 0 amide bonds. The summed E-state index contributed by atoms with van der Waals surface area (Å²) in [4.78, 5) is 87.7. The van der Waals surface area contributed by atoms with Gasteiger partial charge in [-0.25, -0.2) is 15.0 Å². The summed E-state index contributed by atoms with van der Waals surface area (Å²) in [5, 5.41) is 21.3. The van der Waals surface area contributed by atoms with E-state index < -0.39 is 72.1 Å². The molecule has 0 saturated carbocycles. The Bertz CT molecular complexity index is 2920. The lowest BCUT2D eigenvalue weighted by molar-refractivity contribution is -0.159. The van der Waals surface area contributed by atoms with Crippen LogP contribution in [0.1, 0.15) is 121 Å². The van der Waals surface area contributed by atoms with Crippen LogP contribution in [0.25, 0.3) is 11.2 Å². The van der Waals surface area contributed by atoms with Gasteiger partial charge in [0.1, 0.15) is 42.5 Å². The molecule has 2 aromatic rings. The van der Waals surface area contributed by atoms with E-state index in [9.17, 15) is 39.0 Å². The largest absolute Gasteiger partial charge is 0.463 e. The molecule has 1 saturated heterocycles. The number of hydrogen-bond donors (Lipinski definition) is 3. The number of imidazole rings is 1. The van der Waals surface area contributed by atoms with Crippen LogP contribution < -0.4 is 5.73 Å². The minimum absolute atomic E-state index is 0.0324. The van der Waals surface area contributed by atoms with Crippen LogP contribution in [0.3, 0.4) is 0 Å². The summed E-state index contributed by atoms with van der Waals surface area (Å²) in [6.45, 7) is 20.5. The number of carbonyl (C=O) groups excluding carboxylic acids is 6. The van der Waals surface area contributed by atoms with Gasteiger partial charge in [0.05, 0.1) is 25.6 Å². The average Bonchev–Trinajstić information content (AvgIpc) is 3.91. The van der Waals surface area contributed by atoms with Gasteiger partial charge in [-0.3, -0.25) is 28.5 Å². The second-order valence-corrected chi connectivity index (χ2v) is 20.9. The number of aliphatic hydroxyl groups excluding tert-OH is 2. The Morgan fingerprint density at radius 1 is 0.671 bits per heavy atom. The Balaban J connectivity index is 1.05. The summed E-state index contributed by atoms with van der Waals surface area (Å²) in [5.74, 6) is -2.51. The Kier molecular flexibility index (Phi) is 20.8. The molecule has 0 bridgehead atoms. The molecule has 0 radical (unpaired) electrons. The van der Waals surface area contributed by atoms with Gasteiger partial charge in [-0.1, -0.05) is 135 Å². The molecule has 6 unspecified atom stereocenters. The number of anilines is 1. The number of allylic oxidation sites excluding steroid dienone is 20. The molecule has 5 rings (SSSR count). The van der Waals surface area contributed by atoms with Crippen molar-refractivity contribution in [3.8, 4) is 0 Å². The zero-order chi connectivity index (χ0) is 56.1. The summed E-state index contributed by atoms with van der Waals surface area (Å²) < 4.78 is 23.5. The highest BCUT2D eigenvalue weighted by atomic mass is 16.6. The highest BCUT2D eigenvalue weighted by Gasteiger charge is 2.45. The number of carbonyl (C=O) groups is 6. The van der Waals surface area contributed by atoms with E-state index in [4.69, 9.17) is 24.7 Å². The third kappa shape index (κ3) is 16.2. The number of ketones is 3. The van der Waals surface area contributed by atoms with Gasteiger partial charge >= 0.3 is 17.9 Å². The van der Waals surface area contributed by atoms with Crippen molar-refractivity contribution in [1.29, 1.82) is 0 Å². The number of ether oxygens (including phenoxy) is 4. The van der Waals surface area contributed by atoms with Gasteiger partial charge in [0.15, 0.2) is 41.5 Å². The van der Waals surface area contributed by atoms with E-state index in [1.807, 2.05) is 140 Å². The van der Waals surface area contributed by atoms with Gasteiger partial charge in [-0.2, -0.15) is 0 Å². The first kappa shape index (κ1) is 59.7. The summed E-state index contributed by atoms with van der Waals surface area (Å²) >= 11 is 0. The average molecular weight is 1040 g/mol. The maximum Gasteiger partial charge on any atom is 0.307 e. The highest BCUT2D eigenvalue weighted by molar-refractivity contribution is 6.02. The van der Waals surface area contributed by atoms with E-state index in [2.05, 4.69) is 15.0 Å². The number of nitrogens with two attached hydrogens (primary N) is 1. The zero-order valence-corrected chi connectivity index (χ0v) is 45.5. The van der Waals surface area contributed by atoms with Crippen molar-refractivity contribution in [2.45, 2.75) is 151 Å². The Morgan fingerprint density at radius 3 is 1.63 bits per heavy atom. The molecular weight excluding hydrogens is 971 g/mol. The molecule has 3 heterocycles. The molecule has 406 valence electrons. The number of nitrogens with zero attached hydrogens (tertiary/aromatic N) is 4. The molecule has 1 fully saturated rings. The Morgan fingerprint density at radius 2 is 1.13 bits per heavy atom. The summed E-state index contributed by atoms with van der Waals surface area (Å²) in [6.07, 6.45) is 23.4. The normalized spacial score (nSPS) is 23.9. The Labute approximate surface area is 445 Å². The van der Waals surface area contributed by atoms with Crippen LogP contribution in [-0.4, -0.2) is 102 Å². The van der Waals surface area contributed by atoms with Crippen molar-refractivity contribution in [3.05, 3.63) is 142 Å². The number of aromatic nitrogens is 4. The van der Waals surface area contributed by atoms with Crippen molar-refractivity contribution in [3.63, 3.8) is 0 Å². The first-order valence-corrected chi connectivity index (χ1v) is 25.4. The van der Waals surface area contributed by atoms with Crippen LogP contribution >= 0.6 is 0 Å². The summed E-state index contributed by atoms with van der Waals surface area (Å²) in [7, 11) is 0. The van der Waals surface area contributed by atoms with Crippen LogP contribution in [0.2, 0.25) is 0 Å². The molecule has 0 aromatic carbocycles. The van der Waals surface area contributed by atoms with Crippen LogP contribution in [0.5, 0.6) is 0 Å². The topological polar surface area (TPSA) is 249 Å². The number of hydrogen-bond acceptors (Lipinski definition) is 16. The minimum atomic E-state index is -1.41. The molecule has 1 aliphatic heterocycles. The molecule has 0 spiro atoms. The van der Waals surface area contributed by atoms with Crippen molar-refractivity contribution < 1.29 is 57.9 Å². The van der Waals surface area contributed by atoms with Crippen molar-refractivity contribution in [2.24, 2.45) is 10.8 Å². The molecular formula is C59H73N5O12. The van der Waals surface area contributed by atoms with E-state index in [0.717, 1.165) is 33.4 Å². The fraction of sp³-hybridized carbons (Fsp3) is 0.441. The number of fused-ring (bicyclic) bond motifs is 1. The van der Waals surface area contributed by atoms with Crippen molar-refractivity contribution in [2.75, 3.05) is 12.3 Å². The lowest BCUT2D eigenvalue weighted by Crippen LogP contribution is -2.39. The molecule has 76 heavy (non-hydrogen) atoms. The fourth-order valence-electron chi connectivity index (χ4n) is 9.07. The van der Waals surface area contributed by atoms with Gasteiger partial charge in [-0.05, 0) is 81.6 Å². The number of rotatable bonds is 21. The SMILES string of the molecule is CC(=O)CCC(=O)OC1CC(C)(C)C(/C=C/C(C)=C/C=C/C(C)=C/C=C/C=C(C)/C=C/C=C(C)/C=C/C2=C(C)C(=O)C(OC(=O)CCC(=O)OCC3OC(n4cnc5c(N)ncnc54)C(O)C3O)CC2(C)C)=C(C)C1=O. The van der Waals surface area contributed by atoms with Crippen molar-refractivity contribution >= 4 is 52.2 Å². The highest BCUT2D eigenvalue weighted by Crippen LogP contribution is 2.42. The van der Waals surface area contributed by atoms with Crippen LogP contribution in [-0.2, 0) is 47.7 Å². The predicted octanol–water partition coefficient (Wildman–Crippen LogP) is 8.74. The first-order chi connectivity index (χ1) is 35.8. The van der Waals surface area contributed by atoms with E-state index in [1.54, 1.807) is 13.8 Å². The maximum atomic E-state index is 13.5. The molecule has 17 heteroatoms. The second kappa shape index (κ2) is 26.5. The van der Waals surface area contributed by atoms with Gasteiger partial charge in [0.2, 0.25) is 0 Å². The standard InChI is InChI=1S/C59H73N5O12/c1-35(18-14-20-37(3)22-25-42-40(6)51(69)44(30-58(42,8)9)74-48(67)27-24-39(5)65)16-12-13-17-36(2)19-15-21-38(4)23-26-43-41(7)52(70)45(31-59(43,10)11)75-49(68)29-28-47(66)73-32-46-53(71)54(72)57(76-46)64-34-63-50-55(60)61-33-62-56(50)64/h12-23,25-26,33-34,44-46,53-54,57,71-72H,24,27-32H2,1-11H3,(H2,60,61,62)/b13-12+,18-14+,19-15+,25-22+,26-23+,35-16+,36-17+,37-20+,38-21+. The molecule has 3 aliphatic rings. The van der Waals surface area contributed by atoms with Crippen LogP contribution in [0.15, 0.2) is 142 Å². The quantitative estimate of drug-likeness (QED) is 0.0600. The van der Waals surface area contributed by atoms with Crippen molar-refractivity contribution in [1.82, 2.24) is 19.5 Å². The zero-order valence-electron chi connectivity index (χ0n) is 45.5. The maximum absolute atomic E-state index is 13.5. The van der Waals surface area contributed by atoms with Crippen LogP contribution in [0.4, 0.5) is 5.82 Å². The predicted molar refractivity (Wildman–Crippen MR) is 288 cm³/mol. The fourth-order valence-corrected chi connectivity index (χ4v) is 9.07. The molecule has 17 nitrogen and oxygen atoms in total. The van der Waals surface area contributed by atoms with E-state index in [0.29, 0.717) is 23.1 Å². The first-order valence-electron chi connectivity index (χ1n) is 25.4. The smallest absolute Gasteiger partial charge is 0.307 e. The number of esters is 3. The molecule has 2 aromatic heterocycles. The van der Waals surface area contributed by atoms with E-state index >= 15 is 0 Å². The molecule has 6 atom stereocenters. The minimum Gasteiger partial charge on any atom is -0.463 e. The van der Waals surface area contributed by atoms with Gasteiger partial charge in [0.25, 0.3) is 0 Å². The van der Waals surface area contributed by atoms with E-state index in [-0.39, 0.29) is 60.9 Å². The number of nitrogen functional groups attached to an aromatic ring is 1. The monoisotopic (exact) mass is 1040 g/mol. The molecule has 2 aliphatic carbocycles. The lowest BCUT2D eigenvalue weighted by Gasteiger charge is -2.36. The lowest BCUT2D eigenvalue weighted by atomic mass is 9.71. The van der Waals surface area contributed by atoms with Gasteiger partial charge < -0.3 is 39.7 Å². The summed E-state index contributed by atoms with van der Waals surface area (Å²) in [6, 6.07) is 0. The number of aliphatic hydroxyl groups is 2. The van der Waals surface area contributed by atoms with Crippen LogP contribution in [0, 0.1) is 10.8 Å². The third-order valence-corrected chi connectivity index (χ3v) is 13.4. The van der Waals surface area contributed by atoms with Gasteiger partial charge in [0, 0.05) is 19.3 Å². The summed E-state index contributed by atoms with van der Waals surface area (Å²) in [5.41, 5.74) is 12.4. The van der Waals surface area contributed by atoms with Gasteiger partial charge in [-0.15, -0.1) is 0 Å². The third-order valence-electron chi connectivity index (χ3n) is 13.4. The number of Topliss-reactive ketones (excluding diaryl/α,β-unsaturated/α-hetero) is 3. The van der Waals surface area contributed by atoms with E-state index in [1.165, 1.54) is 24.1 Å². The second-order valence-electron chi connectivity index (χ2n) is 20.9. The Hall–Kier alpha value is -7.21. The molecule has 4 N–H and O–H groups in total.